The zero-order chi connectivity index (χ0) is 21.7. The third kappa shape index (κ3) is 2.71. The molecule has 0 N–H and O–H groups in total. The Morgan fingerprint density at radius 3 is 2.35 bits per heavy atom. The number of carbonyl (C=O) groups excluding carboxylic acids is 2. The SMILES string of the molecule is COc1ccc2c(c1OC)C(=O)N1c3ccccc3C(=O)N(Cc3ccccc3C)C21. The summed E-state index contributed by atoms with van der Waals surface area (Å²) in [7, 11) is 3.06. The van der Waals surface area contributed by atoms with Gasteiger partial charge in [0.2, 0.25) is 0 Å². The lowest BCUT2D eigenvalue weighted by Crippen LogP contribution is -2.47. The van der Waals surface area contributed by atoms with Crippen molar-refractivity contribution in [2.75, 3.05) is 19.1 Å². The molecule has 0 aliphatic carbocycles. The number of para-hydroxylation sites is 1. The minimum Gasteiger partial charge on any atom is -0.493 e. The number of aryl methyl sites for hydroxylation is 1. The van der Waals surface area contributed by atoms with Crippen LogP contribution in [0.15, 0.2) is 60.7 Å². The largest absolute Gasteiger partial charge is 0.493 e. The molecule has 5 rings (SSSR count). The van der Waals surface area contributed by atoms with Crippen LogP contribution in [0.5, 0.6) is 11.5 Å². The molecule has 3 aromatic carbocycles. The highest BCUT2D eigenvalue weighted by Crippen LogP contribution is 2.50. The minimum absolute atomic E-state index is 0.101. The lowest BCUT2D eigenvalue weighted by Gasteiger charge is -2.41. The quantitative estimate of drug-likeness (QED) is 0.638. The Kier molecular flexibility index (Phi) is 4.43. The molecular weight excluding hydrogens is 392 g/mol. The monoisotopic (exact) mass is 414 g/mol. The van der Waals surface area contributed by atoms with Gasteiger partial charge in [-0.3, -0.25) is 14.5 Å². The maximum Gasteiger partial charge on any atom is 0.264 e. The van der Waals surface area contributed by atoms with Gasteiger partial charge in [-0.05, 0) is 36.2 Å². The van der Waals surface area contributed by atoms with E-state index in [9.17, 15) is 9.59 Å². The van der Waals surface area contributed by atoms with Crippen molar-refractivity contribution in [3.8, 4) is 11.5 Å². The molecule has 6 nitrogen and oxygen atoms in total. The maximum absolute atomic E-state index is 13.7. The minimum atomic E-state index is -0.552. The van der Waals surface area contributed by atoms with Crippen molar-refractivity contribution in [1.29, 1.82) is 0 Å². The molecule has 0 fully saturated rings. The van der Waals surface area contributed by atoms with Gasteiger partial charge in [0.1, 0.15) is 6.17 Å². The van der Waals surface area contributed by atoms with E-state index in [1.54, 1.807) is 29.0 Å². The predicted molar refractivity (Wildman–Crippen MR) is 117 cm³/mol. The Balaban J connectivity index is 1.73. The summed E-state index contributed by atoms with van der Waals surface area (Å²) in [6.45, 7) is 2.42. The van der Waals surface area contributed by atoms with E-state index in [0.29, 0.717) is 34.9 Å². The fraction of sp³-hybridized carbons (Fsp3) is 0.200. The second-order valence-corrected chi connectivity index (χ2v) is 7.69. The number of nitrogens with zero attached hydrogens (tertiary/aromatic N) is 2. The van der Waals surface area contributed by atoms with E-state index in [-0.39, 0.29) is 11.8 Å². The summed E-state index contributed by atoms with van der Waals surface area (Å²) in [5.41, 5.74) is 4.43. The molecule has 0 saturated carbocycles. The highest BCUT2D eigenvalue weighted by Gasteiger charge is 2.49. The average Bonchev–Trinajstić information content (AvgIpc) is 3.09. The molecule has 31 heavy (non-hydrogen) atoms. The lowest BCUT2D eigenvalue weighted by molar-refractivity contribution is 0.0629. The van der Waals surface area contributed by atoms with E-state index in [1.807, 2.05) is 55.5 Å². The van der Waals surface area contributed by atoms with Gasteiger partial charge in [-0.25, -0.2) is 0 Å². The summed E-state index contributed by atoms with van der Waals surface area (Å²) in [6.07, 6.45) is -0.552. The smallest absolute Gasteiger partial charge is 0.264 e. The van der Waals surface area contributed by atoms with Crippen LogP contribution in [0, 0.1) is 6.92 Å². The number of fused-ring (bicyclic) bond motifs is 5. The molecular formula is C25H22N2O4. The zero-order valence-corrected chi connectivity index (χ0v) is 17.6. The molecule has 0 bridgehead atoms. The van der Waals surface area contributed by atoms with Gasteiger partial charge in [-0.1, -0.05) is 42.5 Å². The molecule has 1 atom stereocenters. The molecule has 1 unspecified atom stereocenters. The van der Waals surface area contributed by atoms with Gasteiger partial charge in [-0.2, -0.15) is 0 Å². The Hall–Kier alpha value is -3.80. The van der Waals surface area contributed by atoms with Crippen molar-refractivity contribution in [2.45, 2.75) is 19.6 Å². The Labute approximate surface area is 180 Å². The topological polar surface area (TPSA) is 59.1 Å². The van der Waals surface area contributed by atoms with Crippen LogP contribution in [0.2, 0.25) is 0 Å². The van der Waals surface area contributed by atoms with Crippen LogP contribution in [0.25, 0.3) is 0 Å². The molecule has 2 heterocycles. The van der Waals surface area contributed by atoms with Gasteiger partial charge in [0, 0.05) is 12.1 Å². The fourth-order valence-corrected chi connectivity index (χ4v) is 4.56. The molecule has 2 aliphatic rings. The Morgan fingerprint density at radius 1 is 0.871 bits per heavy atom. The summed E-state index contributed by atoms with van der Waals surface area (Å²) in [5.74, 6) is 0.570. The van der Waals surface area contributed by atoms with Crippen LogP contribution in [-0.2, 0) is 6.54 Å². The van der Waals surface area contributed by atoms with Gasteiger partial charge in [0.15, 0.2) is 11.5 Å². The normalized spacial score (nSPS) is 16.7. The highest BCUT2D eigenvalue weighted by molar-refractivity contribution is 6.18. The number of methoxy groups -OCH3 is 2. The third-order valence-corrected chi connectivity index (χ3v) is 6.09. The number of amides is 2. The first-order valence-electron chi connectivity index (χ1n) is 10.1. The fourth-order valence-electron chi connectivity index (χ4n) is 4.56. The number of carbonyl (C=O) groups is 2. The Bertz CT molecular complexity index is 1220. The summed E-state index contributed by atoms with van der Waals surface area (Å²) in [5, 5.41) is 0. The number of hydrogen-bond acceptors (Lipinski definition) is 4. The first-order valence-corrected chi connectivity index (χ1v) is 10.1. The molecule has 156 valence electrons. The van der Waals surface area contributed by atoms with Gasteiger partial charge in [0.05, 0.1) is 31.0 Å². The first kappa shape index (κ1) is 19.2. The third-order valence-electron chi connectivity index (χ3n) is 6.09. The van der Waals surface area contributed by atoms with E-state index in [0.717, 1.165) is 16.7 Å². The van der Waals surface area contributed by atoms with E-state index < -0.39 is 6.17 Å². The van der Waals surface area contributed by atoms with Gasteiger partial charge >= 0.3 is 0 Å². The van der Waals surface area contributed by atoms with Gasteiger partial charge in [-0.15, -0.1) is 0 Å². The van der Waals surface area contributed by atoms with Crippen molar-refractivity contribution in [1.82, 2.24) is 4.90 Å². The lowest BCUT2D eigenvalue weighted by atomic mass is 10.0. The summed E-state index contributed by atoms with van der Waals surface area (Å²) in [6, 6.07) is 18.9. The number of hydrogen-bond donors (Lipinski definition) is 0. The molecule has 0 aromatic heterocycles. The van der Waals surface area contributed by atoms with Crippen LogP contribution in [-0.4, -0.2) is 30.9 Å². The van der Waals surface area contributed by atoms with Crippen molar-refractivity contribution in [3.05, 3.63) is 88.5 Å². The van der Waals surface area contributed by atoms with Crippen molar-refractivity contribution in [2.24, 2.45) is 0 Å². The van der Waals surface area contributed by atoms with Crippen LogP contribution >= 0.6 is 0 Å². The molecule has 6 heteroatoms. The van der Waals surface area contributed by atoms with E-state index in [2.05, 4.69) is 0 Å². The van der Waals surface area contributed by atoms with Crippen molar-refractivity contribution >= 4 is 17.5 Å². The van der Waals surface area contributed by atoms with E-state index >= 15 is 0 Å². The summed E-state index contributed by atoms with van der Waals surface area (Å²) in [4.78, 5) is 30.7. The average molecular weight is 414 g/mol. The Morgan fingerprint density at radius 2 is 1.61 bits per heavy atom. The van der Waals surface area contributed by atoms with Crippen molar-refractivity contribution in [3.63, 3.8) is 0 Å². The van der Waals surface area contributed by atoms with Gasteiger partial charge < -0.3 is 14.4 Å². The number of benzene rings is 3. The summed E-state index contributed by atoms with van der Waals surface area (Å²) < 4.78 is 11.0. The maximum atomic E-state index is 13.7. The second kappa shape index (κ2) is 7.16. The highest BCUT2D eigenvalue weighted by atomic mass is 16.5. The number of anilines is 1. The van der Waals surface area contributed by atoms with Crippen molar-refractivity contribution < 1.29 is 19.1 Å². The van der Waals surface area contributed by atoms with Gasteiger partial charge in [0.25, 0.3) is 11.8 Å². The van der Waals surface area contributed by atoms with Crippen LogP contribution in [0.1, 0.15) is 43.6 Å². The molecule has 0 spiro atoms. The van der Waals surface area contributed by atoms with Crippen LogP contribution in [0.4, 0.5) is 5.69 Å². The predicted octanol–water partition coefficient (Wildman–Crippen LogP) is 4.33. The number of rotatable bonds is 4. The van der Waals surface area contributed by atoms with E-state index in [1.165, 1.54) is 7.11 Å². The summed E-state index contributed by atoms with van der Waals surface area (Å²) >= 11 is 0. The molecule has 3 aromatic rings. The van der Waals surface area contributed by atoms with Crippen LogP contribution in [0.3, 0.4) is 0 Å². The standard InChI is InChI=1S/C25H22N2O4/c1-15-8-4-5-9-16(15)14-26-23-18-12-13-20(30-2)22(31-3)21(18)25(29)27(23)19-11-7-6-10-17(19)24(26)28/h4-13,23H,14H2,1-3H3. The molecule has 2 amide bonds. The second-order valence-electron chi connectivity index (χ2n) is 7.69. The van der Waals surface area contributed by atoms with E-state index in [4.69, 9.17) is 9.47 Å². The molecule has 0 saturated heterocycles. The first-order chi connectivity index (χ1) is 15.1. The molecule has 2 aliphatic heterocycles. The van der Waals surface area contributed by atoms with Crippen LogP contribution < -0.4 is 14.4 Å². The zero-order valence-electron chi connectivity index (χ0n) is 17.6. The molecule has 0 radical (unpaired) electrons. The number of ether oxygens (including phenoxy) is 2.